The number of hydrogen-bond acceptors (Lipinski definition) is 5. The van der Waals surface area contributed by atoms with Crippen molar-refractivity contribution >= 4 is 5.91 Å². The molecule has 0 aliphatic rings. The molecule has 0 aliphatic heterocycles. The number of oxazole rings is 1. The van der Waals surface area contributed by atoms with Gasteiger partial charge in [0.15, 0.2) is 17.8 Å². The molecule has 0 radical (unpaired) electrons. The van der Waals surface area contributed by atoms with Crippen LogP contribution < -0.4 is 4.74 Å². The molecule has 126 valence electrons. The number of carbonyl (C=O) groups is 1. The van der Waals surface area contributed by atoms with Gasteiger partial charge in [0.2, 0.25) is 5.76 Å². The van der Waals surface area contributed by atoms with E-state index in [4.69, 9.17) is 20.0 Å². The predicted molar refractivity (Wildman–Crippen MR) is 90.8 cm³/mol. The van der Waals surface area contributed by atoms with E-state index in [9.17, 15) is 4.79 Å². The first kappa shape index (κ1) is 16.4. The van der Waals surface area contributed by atoms with Crippen LogP contribution in [0.5, 0.6) is 5.75 Å². The molecule has 1 aromatic carbocycles. The van der Waals surface area contributed by atoms with Gasteiger partial charge in [-0.3, -0.25) is 4.79 Å². The summed E-state index contributed by atoms with van der Waals surface area (Å²) >= 11 is 0. The third kappa shape index (κ3) is 3.56. The standard InChI is InChI=1S/C19H16N2O4/c1-3-10-23-15-8-5-4-7-14(15)12-21(2)19(22)17-18(25-13-20-17)16-9-6-11-24-16/h1,4-9,11,13H,10,12H2,2H3. The lowest BCUT2D eigenvalue weighted by molar-refractivity contribution is 0.0779. The molecule has 2 heterocycles. The van der Waals surface area contributed by atoms with Gasteiger partial charge in [-0.05, 0) is 18.2 Å². The maximum absolute atomic E-state index is 12.7. The Balaban J connectivity index is 1.79. The zero-order valence-electron chi connectivity index (χ0n) is 13.6. The van der Waals surface area contributed by atoms with E-state index in [1.165, 1.54) is 17.6 Å². The fraction of sp³-hybridized carbons (Fsp3) is 0.158. The highest BCUT2D eigenvalue weighted by molar-refractivity contribution is 5.96. The van der Waals surface area contributed by atoms with Gasteiger partial charge >= 0.3 is 0 Å². The zero-order chi connectivity index (χ0) is 17.6. The molecule has 0 unspecified atom stereocenters. The number of para-hydroxylation sites is 1. The van der Waals surface area contributed by atoms with E-state index >= 15 is 0 Å². The second-order valence-electron chi connectivity index (χ2n) is 5.27. The summed E-state index contributed by atoms with van der Waals surface area (Å²) in [7, 11) is 1.68. The third-order valence-corrected chi connectivity index (χ3v) is 3.55. The fourth-order valence-corrected chi connectivity index (χ4v) is 2.38. The van der Waals surface area contributed by atoms with Gasteiger partial charge in [-0.25, -0.2) is 4.98 Å². The van der Waals surface area contributed by atoms with Crippen molar-refractivity contribution in [2.45, 2.75) is 6.54 Å². The summed E-state index contributed by atoms with van der Waals surface area (Å²) in [6.07, 6.45) is 7.97. The molecule has 3 aromatic rings. The summed E-state index contributed by atoms with van der Waals surface area (Å²) in [6.45, 7) is 0.505. The number of benzene rings is 1. The van der Waals surface area contributed by atoms with Crippen LogP contribution in [0.15, 0.2) is 57.9 Å². The normalized spacial score (nSPS) is 10.2. The number of terminal acetylenes is 1. The number of furan rings is 1. The van der Waals surface area contributed by atoms with E-state index < -0.39 is 0 Å². The maximum Gasteiger partial charge on any atom is 0.276 e. The number of amides is 1. The minimum Gasteiger partial charge on any atom is -0.481 e. The van der Waals surface area contributed by atoms with Crippen molar-refractivity contribution < 1.29 is 18.4 Å². The van der Waals surface area contributed by atoms with Crippen LogP contribution in [-0.4, -0.2) is 29.4 Å². The van der Waals surface area contributed by atoms with Crippen LogP contribution in [0.1, 0.15) is 16.1 Å². The zero-order valence-corrected chi connectivity index (χ0v) is 13.6. The second-order valence-corrected chi connectivity index (χ2v) is 5.27. The summed E-state index contributed by atoms with van der Waals surface area (Å²) in [6, 6.07) is 10.8. The van der Waals surface area contributed by atoms with Crippen LogP contribution in [0.4, 0.5) is 0 Å². The number of hydrogen-bond donors (Lipinski definition) is 0. The summed E-state index contributed by atoms with van der Waals surface area (Å²) in [5.41, 5.74) is 1.04. The molecule has 6 heteroatoms. The summed E-state index contributed by atoms with van der Waals surface area (Å²) in [5, 5.41) is 0. The molecule has 2 aromatic heterocycles. The van der Waals surface area contributed by atoms with Gasteiger partial charge in [0, 0.05) is 19.2 Å². The number of aromatic nitrogens is 1. The predicted octanol–water partition coefficient (Wildman–Crippen LogP) is 3.22. The molecule has 25 heavy (non-hydrogen) atoms. The fourth-order valence-electron chi connectivity index (χ4n) is 2.38. The van der Waals surface area contributed by atoms with E-state index in [0.717, 1.165) is 5.56 Å². The highest BCUT2D eigenvalue weighted by Crippen LogP contribution is 2.25. The largest absolute Gasteiger partial charge is 0.481 e. The average Bonchev–Trinajstić information content (AvgIpc) is 3.31. The first-order chi connectivity index (χ1) is 12.2. The molecule has 0 aliphatic carbocycles. The van der Waals surface area contributed by atoms with Gasteiger partial charge in [0.05, 0.1) is 6.26 Å². The van der Waals surface area contributed by atoms with Gasteiger partial charge in [-0.1, -0.05) is 24.1 Å². The van der Waals surface area contributed by atoms with E-state index in [1.807, 2.05) is 24.3 Å². The van der Waals surface area contributed by atoms with Crippen LogP contribution in [0.2, 0.25) is 0 Å². The molecule has 6 nitrogen and oxygen atoms in total. The Morgan fingerprint density at radius 2 is 2.12 bits per heavy atom. The van der Waals surface area contributed by atoms with E-state index in [0.29, 0.717) is 23.8 Å². The van der Waals surface area contributed by atoms with E-state index in [1.54, 1.807) is 19.2 Å². The molecule has 0 N–H and O–H groups in total. The van der Waals surface area contributed by atoms with Crippen molar-refractivity contribution in [1.82, 2.24) is 9.88 Å². The molecule has 0 spiro atoms. The maximum atomic E-state index is 12.7. The van der Waals surface area contributed by atoms with Gasteiger partial charge < -0.3 is 18.5 Å². The quantitative estimate of drug-likeness (QED) is 0.647. The molecule has 3 rings (SSSR count). The van der Waals surface area contributed by atoms with Crippen LogP contribution in [-0.2, 0) is 6.54 Å². The highest BCUT2D eigenvalue weighted by atomic mass is 16.5. The Labute approximate surface area is 145 Å². The molecule has 0 saturated carbocycles. The Kier molecular flexibility index (Phi) is 4.86. The molecule has 0 bridgehead atoms. The van der Waals surface area contributed by atoms with Crippen molar-refractivity contribution in [2.75, 3.05) is 13.7 Å². The monoisotopic (exact) mass is 336 g/mol. The second kappa shape index (κ2) is 7.41. The lowest BCUT2D eigenvalue weighted by Gasteiger charge is -2.18. The number of carbonyl (C=O) groups excluding carboxylic acids is 1. The summed E-state index contributed by atoms with van der Waals surface area (Å²) in [5.74, 6) is 3.54. The van der Waals surface area contributed by atoms with Crippen molar-refractivity contribution in [1.29, 1.82) is 0 Å². The van der Waals surface area contributed by atoms with Gasteiger partial charge in [0.25, 0.3) is 5.91 Å². The lowest BCUT2D eigenvalue weighted by Crippen LogP contribution is -2.27. The smallest absolute Gasteiger partial charge is 0.276 e. The van der Waals surface area contributed by atoms with Crippen molar-refractivity contribution in [3.05, 3.63) is 60.3 Å². The lowest BCUT2D eigenvalue weighted by atomic mass is 10.1. The van der Waals surface area contributed by atoms with Gasteiger partial charge in [-0.15, -0.1) is 6.42 Å². The molecule has 0 fully saturated rings. The van der Waals surface area contributed by atoms with Crippen LogP contribution >= 0.6 is 0 Å². The van der Waals surface area contributed by atoms with Crippen LogP contribution in [0.25, 0.3) is 11.5 Å². The number of nitrogens with zero attached hydrogens (tertiary/aromatic N) is 2. The molecular formula is C19H16N2O4. The van der Waals surface area contributed by atoms with Crippen molar-refractivity contribution in [3.8, 4) is 29.6 Å². The van der Waals surface area contributed by atoms with Crippen LogP contribution in [0, 0.1) is 12.3 Å². The number of rotatable bonds is 6. The summed E-state index contributed by atoms with van der Waals surface area (Å²) < 4.78 is 16.1. The Bertz CT molecular complexity index is 890. The summed E-state index contributed by atoms with van der Waals surface area (Å²) in [4.78, 5) is 18.3. The molecule has 1 amide bonds. The van der Waals surface area contributed by atoms with Gasteiger partial charge in [-0.2, -0.15) is 0 Å². The van der Waals surface area contributed by atoms with Gasteiger partial charge in [0.1, 0.15) is 12.4 Å². The van der Waals surface area contributed by atoms with Crippen LogP contribution in [0.3, 0.4) is 0 Å². The highest BCUT2D eigenvalue weighted by Gasteiger charge is 2.23. The number of ether oxygens (including phenoxy) is 1. The van der Waals surface area contributed by atoms with E-state index in [2.05, 4.69) is 10.9 Å². The molecular weight excluding hydrogens is 320 g/mol. The molecule has 0 atom stereocenters. The Morgan fingerprint density at radius 1 is 1.28 bits per heavy atom. The first-order valence-electron chi connectivity index (χ1n) is 7.57. The Hall–Kier alpha value is -3.46. The first-order valence-corrected chi connectivity index (χ1v) is 7.57. The van der Waals surface area contributed by atoms with Crippen molar-refractivity contribution in [2.24, 2.45) is 0 Å². The van der Waals surface area contributed by atoms with Crippen molar-refractivity contribution in [3.63, 3.8) is 0 Å². The third-order valence-electron chi connectivity index (χ3n) is 3.55. The average molecular weight is 336 g/mol. The minimum atomic E-state index is -0.285. The topological polar surface area (TPSA) is 68.7 Å². The minimum absolute atomic E-state index is 0.167. The molecule has 0 saturated heterocycles. The van der Waals surface area contributed by atoms with E-state index in [-0.39, 0.29) is 18.2 Å². The Morgan fingerprint density at radius 3 is 2.88 bits per heavy atom. The SMILES string of the molecule is C#CCOc1ccccc1CN(C)C(=O)c1ncoc1-c1ccco1.